The summed E-state index contributed by atoms with van der Waals surface area (Å²) < 4.78 is 0. The lowest BCUT2D eigenvalue weighted by molar-refractivity contribution is 0.107. The molecule has 1 N–H and O–H groups in total. The summed E-state index contributed by atoms with van der Waals surface area (Å²) in [5.74, 6) is 0. The molecule has 24 heavy (non-hydrogen) atoms. The summed E-state index contributed by atoms with van der Waals surface area (Å²) >= 11 is 0. The highest BCUT2D eigenvalue weighted by molar-refractivity contribution is 5.87. The molecular weight excluding hydrogens is 302 g/mol. The maximum absolute atomic E-state index is 12.0. The second kappa shape index (κ2) is 6.53. The Bertz CT molecular complexity index is 765. The van der Waals surface area contributed by atoms with Gasteiger partial charge in [0, 0.05) is 57.6 Å². The molecular formula is C18H25N5O. The normalized spacial score (nSPS) is 23.2. The largest absolute Gasteiger partial charge is 0.368 e. The number of piperazine rings is 1. The van der Waals surface area contributed by atoms with Crippen molar-refractivity contribution in [2.45, 2.75) is 19.4 Å². The number of anilines is 1. The number of nitrogens with zero attached hydrogens (tertiary/aromatic N) is 4. The van der Waals surface area contributed by atoms with Crippen LogP contribution in [0.15, 0.2) is 29.2 Å². The number of nitrogens with one attached hydrogen (secondary N) is 1. The van der Waals surface area contributed by atoms with Gasteiger partial charge in [-0.15, -0.1) is 0 Å². The van der Waals surface area contributed by atoms with Crippen molar-refractivity contribution in [1.82, 2.24) is 19.8 Å². The molecule has 0 aromatic carbocycles. The smallest absolute Gasteiger partial charge is 0.250 e. The van der Waals surface area contributed by atoms with Gasteiger partial charge < -0.3 is 14.8 Å². The van der Waals surface area contributed by atoms with Crippen LogP contribution in [-0.2, 0) is 0 Å². The number of rotatable bonds is 3. The van der Waals surface area contributed by atoms with E-state index in [4.69, 9.17) is 0 Å². The third-order valence-electron chi connectivity index (χ3n) is 5.45. The molecule has 2 fully saturated rings. The third kappa shape index (κ3) is 2.91. The average Bonchev–Trinajstić information content (AvgIpc) is 3.11. The number of aromatic nitrogens is 2. The Kier molecular flexibility index (Phi) is 4.24. The summed E-state index contributed by atoms with van der Waals surface area (Å²) in [6.07, 6.45) is 2.95. The summed E-state index contributed by atoms with van der Waals surface area (Å²) in [7, 11) is 0. The predicted molar refractivity (Wildman–Crippen MR) is 96.7 cm³/mol. The lowest BCUT2D eigenvalue weighted by atomic mass is 10.2. The maximum atomic E-state index is 12.0. The average molecular weight is 327 g/mol. The molecule has 128 valence electrons. The zero-order valence-corrected chi connectivity index (χ0v) is 14.2. The molecule has 2 saturated heterocycles. The highest BCUT2D eigenvalue weighted by Gasteiger charge is 2.30. The van der Waals surface area contributed by atoms with Crippen molar-refractivity contribution in [3.05, 3.63) is 34.7 Å². The van der Waals surface area contributed by atoms with Crippen molar-refractivity contribution in [3.8, 4) is 0 Å². The Morgan fingerprint density at radius 1 is 1.25 bits per heavy atom. The van der Waals surface area contributed by atoms with E-state index in [0.29, 0.717) is 6.04 Å². The first kappa shape index (κ1) is 15.6. The molecule has 0 bridgehead atoms. The van der Waals surface area contributed by atoms with E-state index in [2.05, 4.69) is 31.6 Å². The maximum Gasteiger partial charge on any atom is 0.250 e. The van der Waals surface area contributed by atoms with Crippen molar-refractivity contribution in [2.75, 3.05) is 50.7 Å². The van der Waals surface area contributed by atoms with Crippen LogP contribution in [0.5, 0.6) is 0 Å². The van der Waals surface area contributed by atoms with Gasteiger partial charge in [-0.05, 0) is 25.1 Å². The standard InChI is InChI=1S/C18H25N5O/c1-2-21-8-10-22(11-9-21)14-5-7-23(13-14)16-12-17(24)20-15-4-3-6-19-18(15)16/h3-4,6,12,14H,2,5,7-11,13H2,1H3,(H,20,24). The molecule has 2 aromatic rings. The molecule has 6 nitrogen and oxygen atoms in total. The fraction of sp³-hybridized carbons (Fsp3) is 0.556. The predicted octanol–water partition coefficient (Wildman–Crippen LogP) is 1.14. The number of likely N-dealkylation sites (N-methyl/N-ethyl adjacent to an activating group) is 1. The molecule has 2 aromatic heterocycles. The van der Waals surface area contributed by atoms with Crippen LogP contribution < -0.4 is 10.5 Å². The van der Waals surface area contributed by atoms with Crippen LogP contribution in [0.2, 0.25) is 0 Å². The number of fused-ring (bicyclic) bond motifs is 1. The molecule has 1 atom stereocenters. The van der Waals surface area contributed by atoms with Crippen LogP contribution in [0.3, 0.4) is 0 Å². The van der Waals surface area contributed by atoms with Crippen LogP contribution in [0.25, 0.3) is 11.0 Å². The van der Waals surface area contributed by atoms with Gasteiger partial charge in [-0.1, -0.05) is 6.92 Å². The van der Waals surface area contributed by atoms with Crippen LogP contribution in [-0.4, -0.2) is 71.6 Å². The van der Waals surface area contributed by atoms with E-state index in [0.717, 1.165) is 55.9 Å². The lowest BCUT2D eigenvalue weighted by Crippen LogP contribution is -2.50. The second-order valence-electron chi connectivity index (χ2n) is 6.78. The number of hydrogen-bond donors (Lipinski definition) is 1. The minimum Gasteiger partial charge on any atom is -0.368 e. The zero-order chi connectivity index (χ0) is 16.5. The number of H-pyrrole nitrogens is 1. The van der Waals surface area contributed by atoms with Gasteiger partial charge in [-0.3, -0.25) is 14.7 Å². The summed E-state index contributed by atoms with van der Waals surface area (Å²) in [5, 5.41) is 0. The molecule has 0 spiro atoms. The lowest BCUT2D eigenvalue weighted by Gasteiger charge is -2.37. The van der Waals surface area contributed by atoms with E-state index in [9.17, 15) is 4.79 Å². The Hall–Kier alpha value is -1.92. The Morgan fingerprint density at radius 3 is 2.88 bits per heavy atom. The summed E-state index contributed by atoms with van der Waals surface area (Å²) in [4.78, 5) is 26.8. The van der Waals surface area contributed by atoms with E-state index >= 15 is 0 Å². The highest BCUT2D eigenvalue weighted by atomic mass is 16.1. The Labute approximate surface area is 142 Å². The van der Waals surface area contributed by atoms with E-state index in [1.807, 2.05) is 12.1 Å². The third-order valence-corrected chi connectivity index (χ3v) is 5.45. The Balaban J connectivity index is 1.52. The van der Waals surface area contributed by atoms with E-state index in [1.54, 1.807) is 12.3 Å². The van der Waals surface area contributed by atoms with Gasteiger partial charge in [0.2, 0.25) is 0 Å². The fourth-order valence-corrected chi connectivity index (χ4v) is 4.02. The number of hydrogen-bond acceptors (Lipinski definition) is 5. The summed E-state index contributed by atoms with van der Waals surface area (Å²) in [6, 6.07) is 6.07. The van der Waals surface area contributed by atoms with Gasteiger partial charge in [0.25, 0.3) is 5.56 Å². The van der Waals surface area contributed by atoms with Crippen LogP contribution in [0.1, 0.15) is 13.3 Å². The van der Waals surface area contributed by atoms with Gasteiger partial charge >= 0.3 is 0 Å². The van der Waals surface area contributed by atoms with E-state index in [1.165, 1.54) is 13.1 Å². The van der Waals surface area contributed by atoms with E-state index < -0.39 is 0 Å². The minimum absolute atomic E-state index is 0.0505. The first-order valence-electron chi connectivity index (χ1n) is 8.94. The van der Waals surface area contributed by atoms with Crippen molar-refractivity contribution < 1.29 is 0 Å². The zero-order valence-electron chi connectivity index (χ0n) is 14.2. The van der Waals surface area contributed by atoms with Gasteiger partial charge in [0.1, 0.15) is 5.52 Å². The summed E-state index contributed by atoms with van der Waals surface area (Å²) in [5.41, 5.74) is 2.64. The number of aromatic amines is 1. The van der Waals surface area contributed by atoms with Crippen LogP contribution >= 0.6 is 0 Å². The Morgan fingerprint density at radius 2 is 2.08 bits per heavy atom. The molecule has 0 saturated carbocycles. The molecule has 0 radical (unpaired) electrons. The van der Waals surface area contributed by atoms with Crippen molar-refractivity contribution >= 4 is 16.7 Å². The first-order valence-corrected chi connectivity index (χ1v) is 8.94. The van der Waals surface area contributed by atoms with Crippen molar-refractivity contribution in [2.24, 2.45) is 0 Å². The van der Waals surface area contributed by atoms with Gasteiger partial charge in [0.05, 0.1) is 11.2 Å². The molecule has 2 aliphatic rings. The van der Waals surface area contributed by atoms with Crippen molar-refractivity contribution in [1.29, 1.82) is 0 Å². The van der Waals surface area contributed by atoms with Gasteiger partial charge in [-0.25, -0.2) is 0 Å². The molecule has 6 heteroatoms. The summed E-state index contributed by atoms with van der Waals surface area (Å²) in [6.45, 7) is 10.0. The fourth-order valence-electron chi connectivity index (χ4n) is 4.02. The molecule has 0 aliphatic carbocycles. The van der Waals surface area contributed by atoms with Crippen molar-refractivity contribution in [3.63, 3.8) is 0 Å². The van der Waals surface area contributed by atoms with Crippen LogP contribution in [0.4, 0.5) is 5.69 Å². The highest BCUT2D eigenvalue weighted by Crippen LogP contribution is 2.27. The quantitative estimate of drug-likeness (QED) is 0.916. The topological polar surface area (TPSA) is 55.5 Å². The molecule has 1 unspecified atom stereocenters. The van der Waals surface area contributed by atoms with Crippen LogP contribution in [0, 0.1) is 0 Å². The second-order valence-corrected chi connectivity index (χ2v) is 6.78. The minimum atomic E-state index is -0.0505. The monoisotopic (exact) mass is 327 g/mol. The van der Waals surface area contributed by atoms with Gasteiger partial charge in [-0.2, -0.15) is 0 Å². The number of pyridine rings is 2. The van der Waals surface area contributed by atoms with Gasteiger partial charge in [0.15, 0.2) is 0 Å². The SMILES string of the molecule is CCN1CCN(C2CCN(c3cc(=O)[nH]c4cccnc34)C2)CC1. The first-order chi connectivity index (χ1) is 11.7. The van der Waals surface area contributed by atoms with E-state index in [-0.39, 0.29) is 5.56 Å². The molecule has 4 heterocycles. The molecule has 0 amide bonds. The molecule has 2 aliphatic heterocycles. The molecule has 4 rings (SSSR count).